The van der Waals surface area contributed by atoms with E-state index in [9.17, 15) is 13.2 Å². The van der Waals surface area contributed by atoms with Crippen molar-refractivity contribution >= 4 is 16.1 Å². The van der Waals surface area contributed by atoms with Crippen molar-refractivity contribution in [1.82, 2.24) is 0 Å². The lowest BCUT2D eigenvalue weighted by Crippen LogP contribution is -2.12. The molecule has 0 spiro atoms. The summed E-state index contributed by atoms with van der Waals surface area (Å²) in [5.41, 5.74) is 0. The van der Waals surface area contributed by atoms with Gasteiger partial charge in [0.15, 0.2) is 0 Å². The largest absolute Gasteiger partial charge is 0.481 e. The van der Waals surface area contributed by atoms with E-state index in [1.165, 1.54) is 12.1 Å². The number of carboxylic acids is 1. The molecule has 6 nitrogen and oxygen atoms in total. The zero-order chi connectivity index (χ0) is 13.4. The zero-order valence-corrected chi connectivity index (χ0v) is 10.4. The van der Waals surface area contributed by atoms with Crippen molar-refractivity contribution in [3.05, 3.63) is 30.3 Å². The van der Waals surface area contributed by atoms with Crippen molar-refractivity contribution in [1.29, 1.82) is 0 Å². The van der Waals surface area contributed by atoms with Crippen molar-refractivity contribution in [2.45, 2.75) is 11.3 Å². The summed E-state index contributed by atoms with van der Waals surface area (Å²) in [5, 5.41) is 8.34. The van der Waals surface area contributed by atoms with E-state index in [1.54, 1.807) is 18.2 Å². The second-order valence-corrected chi connectivity index (χ2v) is 4.96. The number of benzene rings is 1. The predicted molar refractivity (Wildman–Crippen MR) is 62.7 cm³/mol. The quantitative estimate of drug-likeness (QED) is 0.559. The molecule has 0 heterocycles. The summed E-state index contributed by atoms with van der Waals surface area (Å²) in [6.07, 6.45) is -0.120. The molecular weight excluding hydrogens is 260 g/mol. The molecule has 0 atom stereocenters. The van der Waals surface area contributed by atoms with E-state index in [0.29, 0.717) is 0 Å². The molecule has 0 amide bonds. The fourth-order valence-electron chi connectivity index (χ4n) is 1.12. The monoisotopic (exact) mass is 274 g/mol. The van der Waals surface area contributed by atoms with E-state index < -0.39 is 16.1 Å². The van der Waals surface area contributed by atoms with Gasteiger partial charge in [0.05, 0.1) is 31.1 Å². The molecule has 1 aromatic carbocycles. The molecule has 0 aliphatic heterocycles. The van der Waals surface area contributed by atoms with Crippen LogP contribution in [0.2, 0.25) is 0 Å². The second-order valence-electron chi connectivity index (χ2n) is 3.35. The van der Waals surface area contributed by atoms with Crippen LogP contribution >= 0.6 is 0 Å². The Morgan fingerprint density at radius 3 is 2.39 bits per heavy atom. The van der Waals surface area contributed by atoms with Gasteiger partial charge in [0.2, 0.25) is 0 Å². The van der Waals surface area contributed by atoms with E-state index in [-0.39, 0.29) is 31.1 Å². The molecule has 0 saturated carbocycles. The number of ether oxygens (including phenoxy) is 1. The highest BCUT2D eigenvalue weighted by atomic mass is 32.2. The van der Waals surface area contributed by atoms with Gasteiger partial charge in [-0.25, -0.2) is 0 Å². The molecule has 0 radical (unpaired) electrons. The van der Waals surface area contributed by atoms with Crippen molar-refractivity contribution in [2.75, 3.05) is 19.8 Å². The number of hydrogen-bond acceptors (Lipinski definition) is 5. The maximum absolute atomic E-state index is 11.6. The number of aliphatic carboxylic acids is 1. The van der Waals surface area contributed by atoms with Gasteiger partial charge in [-0.3, -0.25) is 8.98 Å². The molecule has 1 rings (SSSR count). The fourth-order valence-corrected chi connectivity index (χ4v) is 2.03. The first-order chi connectivity index (χ1) is 8.52. The van der Waals surface area contributed by atoms with Gasteiger partial charge in [-0.2, -0.15) is 8.42 Å². The van der Waals surface area contributed by atoms with Crippen LogP contribution in [-0.4, -0.2) is 39.3 Å². The summed E-state index contributed by atoms with van der Waals surface area (Å²) in [6, 6.07) is 7.76. The van der Waals surface area contributed by atoms with Crippen LogP contribution in [0.1, 0.15) is 6.42 Å². The standard InChI is InChI=1S/C11H14O6S/c12-11(13)6-7-16-8-9-17-18(14,15)10-4-2-1-3-5-10/h1-5H,6-9H2,(H,12,13). The SMILES string of the molecule is O=C(O)CCOCCOS(=O)(=O)c1ccccc1. The average molecular weight is 274 g/mol. The number of carbonyl (C=O) groups is 1. The van der Waals surface area contributed by atoms with Gasteiger partial charge in [0, 0.05) is 0 Å². The van der Waals surface area contributed by atoms with Crippen LogP contribution in [0.25, 0.3) is 0 Å². The maximum Gasteiger partial charge on any atom is 0.305 e. The number of rotatable bonds is 8. The highest BCUT2D eigenvalue weighted by Gasteiger charge is 2.13. The molecule has 0 aliphatic carbocycles. The molecule has 0 bridgehead atoms. The minimum Gasteiger partial charge on any atom is -0.481 e. The lowest BCUT2D eigenvalue weighted by molar-refractivity contribution is -0.138. The van der Waals surface area contributed by atoms with Crippen molar-refractivity contribution < 1.29 is 27.2 Å². The topological polar surface area (TPSA) is 89.9 Å². The Labute approximate surface area is 105 Å². The van der Waals surface area contributed by atoms with Gasteiger partial charge in [-0.15, -0.1) is 0 Å². The molecular formula is C11H14O6S. The predicted octanol–water partition coefficient (Wildman–Crippen LogP) is 0.883. The lowest BCUT2D eigenvalue weighted by atomic mass is 10.4. The summed E-state index contributed by atoms with van der Waals surface area (Å²) in [4.78, 5) is 10.2. The Balaban J connectivity index is 2.29. The Morgan fingerprint density at radius 1 is 1.11 bits per heavy atom. The van der Waals surface area contributed by atoms with Gasteiger partial charge in [0.1, 0.15) is 0 Å². The van der Waals surface area contributed by atoms with Gasteiger partial charge < -0.3 is 9.84 Å². The molecule has 0 aliphatic rings. The van der Waals surface area contributed by atoms with Crippen molar-refractivity contribution in [3.63, 3.8) is 0 Å². The summed E-state index contributed by atoms with van der Waals surface area (Å²) in [6.45, 7) is -0.0831. The summed E-state index contributed by atoms with van der Waals surface area (Å²) < 4.78 is 32.8. The second kappa shape index (κ2) is 7.10. The summed E-state index contributed by atoms with van der Waals surface area (Å²) in [5.74, 6) is -0.965. The Bertz CT molecular complexity index is 468. The molecule has 0 aromatic heterocycles. The Hall–Kier alpha value is -1.44. The minimum atomic E-state index is -3.76. The third kappa shape index (κ3) is 5.26. The summed E-state index contributed by atoms with van der Waals surface area (Å²) in [7, 11) is -3.76. The van der Waals surface area contributed by atoms with E-state index >= 15 is 0 Å². The number of hydrogen-bond donors (Lipinski definition) is 1. The van der Waals surface area contributed by atoms with Crippen molar-refractivity contribution in [2.24, 2.45) is 0 Å². The third-order valence-electron chi connectivity index (χ3n) is 1.96. The number of carboxylic acid groups (broad SMARTS) is 1. The highest BCUT2D eigenvalue weighted by molar-refractivity contribution is 7.86. The van der Waals surface area contributed by atoms with Crippen molar-refractivity contribution in [3.8, 4) is 0 Å². The molecule has 0 fully saturated rings. The van der Waals surface area contributed by atoms with Gasteiger partial charge in [-0.05, 0) is 12.1 Å². The first-order valence-corrected chi connectivity index (χ1v) is 6.67. The smallest absolute Gasteiger partial charge is 0.305 e. The van der Waals surface area contributed by atoms with Crippen LogP contribution in [-0.2, 0) is 23.8 Å². The van der Waals surface area contributed by atoms with E-state index in [1.807, 2.05) is 0 Å². The normalized spacial score (nSPS) is 11.3. The molecule has 1 N–H and O–H groups in total. The van der Waals surface area contributed by atoms with Crippen LogP contribution in [0.15, 0.2) is 35.2 Å². The fraction of sp³-hybridized carbons (Fsp3) is 0.364. The zero-order valence-electron chi connectivity index (χ0n) is 9.61. The maximum atomic E-state index is 11.6. The molecule has 7 heteroatoms. The van der Waals surface area contributed by atoms with E-state index in [0.717, 1.165) is 0 Å². The molecule has 1 aromatic rings. The van der Waals surface area contributed by atoms with Crippen LogP contribution in [0.3, 0.4) is 0 Å². The van der Waals surface area contributed by atoms with E-state index in [2.05, 4.69) is 0 Å². The lowest BCUT2D eigenvalue weighted by Gasteiger charge is -2.05. The molecule has 100 valence electrons. The highest BCUT2D eigenvalue weighted by Crippen LogP contribution is 2.10. The van der Waals surface area contributed by atoms with Gasteiger partial charge in [-0.1, -0.05) is 18.2 Å². The average Bonchev–Trinajstić information content (AvgIpc) is 2.34. The molecule has 18 heavy (non-hydrogen) atoms. The van der Waals surface area contributed by atoms with Crippen LogP contribution in [0, 0.1) is 0 Å². The van der Waals surface area contributed by atoms with Crippen LogP contribution in [0.4, 0.5) is 0 Å². The first-order valence-electron chi connectivity index (χ1n) is 5.26. The molecule has 0 unspecified atom stereocenters. The Kier molecular flexibility index (Phi) is 5.76. The van der Waals surface area contributed by atoms with Crippen LogP contribution in [0.5, 0.6) is 0 Å². The Morgan fingerprint density at radius 2 is 1.78 bits per heavy atom. The molecule has 0 saturated heterocycles. The summed E-state index contributed by atoms with van der Waals surface area (Å²) >= 11 is 0. The van der Waals surface area contributed by atoms with Gasteiger partial charge >= 0.3 is 5.97 Å². The first kappa shape index (κ1) is 14.6. The van der Waals surface area contributed by atoms with Crippen LogP contribution < -0.4 is 0 Å². The van der Waals surface area contributed by atoms with E-state index in [4.69, 9.17) is 14.0 Å². The van der Waals surface area contributed by atoms with Gasteiger partial charge in [0.25, 0.3) is 10.1 Å². The minimum absolute atomic E-state index is 0.0271. The third-order valence-corrected chi connectivity index (χ3v) is 3.28.